The van der Waals surface area contributed by atoms with Gasteiger partial charge in [0.25, 0.3) is 5.91 Å². The summed E-state index contributed by atoms with van der Waals surface area (Å²) in [6.07, 6.45) is 3.42. The Morgan fingerprint density at radius 3 is 2.62 bits per heavy atom. The molecule has 0 bridgehead atoms. The highest BCUT2D eigenvalue weighted by atomic mass is 16.1. The third-order valence-corrected chi connectivity index (χ3v) is 3.93. The summed E-state index contributed by atoms with van der Waals surface area (Å²) in [5.74, 6) is -0.376. The van der Waals surface area contributed by atoms with Gasteiger partial charge >= 0.3 is 0 Å². The third-order valence-electron chi connectivity index (χ3n) is 3.93. The van der Waals surface area contributed by atoms with Crippen LogP contribution in [0.1, 0.15) is 24.1 Å². The summed E-state index contributed by atoms with van der Waals surface area (Å²) < 4.78 is 0. The Hall–Kier alpha value is -3.32. The SMILES string of the molecule is C[C@@H](NC(=O)/C(C#N)=C/c1c[nH]c2ccccc12)c1ccccc1. The number of carbonyl (C=O) groups excluding carboxylic acids is 1. The van der Waals surface area contributed by atoms with Gasteiger partial charge in [0.05, 0.1) is 6.04 Å². The Labute approximate surface area is 140 Å². The van der Waals surface area contributed by atoms with Crippen molar-refractivity contribution >= 4 is 22.9 Å². The molecule has 118 valence electrons. The molecular weight excluding hydrogens is 298 g/mol. The van der Waals surface area contributed by atoms with Crippen LogP contribution in [0.4, 0.5) is 0 Å². The van der Waals surface area contributed by atoms with E-state index in [9.17, 15) is 10.1 Å². The molecule has 1 amide bonds. The van der Waals surface area contributed by atoms with Gasteiger partial charge in [0.15, 0.2) is 0 Å². The van der Waals surface area contributed by atoms with Crippen molar-refractivity contribution in [2.75, 3.05) is 0 Å². The van der Waals surface area contributed by atoms with E-state index in [0.29, 0.717) is 0 Å². The van der Waals surface area contributed by atoms with Crippen molar-refractivity contribution < 1.29 is 4.79 Å². The fraction of sp³-hybridized carbons (Fsp3) is 0.100. The first-order chi connectivity index (χ1) is 11.7. The number of aromatic amines is 1. The number of nitrogens with zero attached hydrogens (tertiary/aromatic N) is 1. The zero-order chi connectivity index (χ0) is 16.9. The fourth-order valence-corrected chi connectivity index (χ4v) is 2.62. The maximum absolute atomic E-state index is 12.4. The van der Waals surface area contributed by atoms with Crippen molar-refractivity contribution in [1.82, 2.24) is 10.3 Å². The minimum absolute atomic E-state index is 0.0857. The molecule has 0 unspecified atom stereocenters. The van der Waals surface area contributed by atoms with Crippen molar-refractivity contribution in [2.24, 2.45) is 0 Å². The Morgan fingerprint density at radius 2 is 1.88 bits per heavy atom. The normalized spacial score (nSPS) is 12.6. The predicted molar refractivity (Wildman–Crippen MR) is 94.9 cm³/mol. The minimum Gasteiger partial charge on any atom is -0.361 e. The highest BCUT2D eigenvalue weighted by molar-refractivity contribution is 6.04. The van der Waals surface area contributed by atoms with Gasteiger partial charge in [0.2, 0.25) is 0 Å². The first-order valence-corrected chi connectivity index (χ1v) is 7.73. The van der Waals surface area contributed by atoms with Crippen LogP contribution in [-0.4, -0.2) is 10.9 Å². The van der Waals surface area contributed by atoms with E-state index in [4.69, 9.17) is 0 Å². The van der Waals surface area contributed by atoms with Gasteiger partial charge in [-0.15, -0.1) is 0 Å². The first-order valence-electron chi connectivity index (χ1n) is 7.73. The molecule has 0 saturated carbocycles. The molecule has 2 N–H and O–H groups in total. The van der Waals surface area contributed by atoms with E-state index in [1.165, 1.54) is 0 Å². The van der Waals surface area contributed by atoms with Crippen LogP contribution < -0.4 is 5.32 Å². The monoisotopic (exact) mass is 315 g/mol. The Morgan fingerprint density at radius 1 is 1.17 bits per heavy atom. The van der Waals surface area contributed by atoms with Crippen LogP contribution in [0.15, 0.2) is 66.4 Å². The van der Waals surface area contributed by atoms with Crippen molar-refractivity contribution in [3.63, 3.8) is 0 Å². The highest BCUT2D eigenvalue weighted by Gasteiger charge is 2.14. The quantitative estimate of drug-likeness (QED) is 0.565. The zero-order valence-corrected chi connectivity index (χ0v) is 13.3. The largest absolute Gasteiger partial charge is 0.361 e. The van der Waals surface area contributed by atoms with Crippen molar-refractivity contribution in [3.8, 4) is 6.07 Å². The molecule has 24 heavy (non-hydrogen) atoms. The fourth-order valence-electron chi connectivity index (χ4n) is 2.62. The molecule has 2 aromatic carbocycles. The summed E-state index contributed by atoms with van der Waals surface area (Å²) in [4.78, 5) is 15.5. The van der Waals surface area contributed by atoms with Crippen LogP contribution >= 0.6 is 0 Å². The van der Waals surface area contributed by atoms with E-state index in [-0.39, 0.29) is 17.5 Å². The van der Waals surface area contributed by atoms with Gasteiger partial charge < -0.3 is 10.3 Å². The molecule has 0 aliphatic carbocycles. The predicted octanol–water partition coefficient (Wildman–Crippen LogP) is 3.95. The number of amides is 1. The molecule has 3 rings (SSSR count). The van der Waals surface area contributed by atoms with Crippen molar-refractivity contribution in [3.05, 3.63) is 77.5 Å². The number of rotatable bonds is 4. The van der Waals surface area contributed by atoms with Crippen molar-refractivity contribution in [1.29, 1.82) is 5.26 Å². The number of hydrogen-bond donors (Lipinski definition) is 2. The average Bonchev–Trinajstić information content (AvgIpc) is 3.03. The number of nitrogens with one attached hydrogen (secondary N) is 2. The molecule has 0 saturated heterocycles. The number of benzene rings is 2. The lowest BCUT2D eigenvalue weighted by Crippen LogP contribution is -2.27. The van der Waals surface area contributed by atoms with Crippen LogP contribution in [-0.2, 0) is 4.79 Å². The molecule has 4 nitrogen and oxygen atoms in total. The first kappa shape index (κ1) is 15.6. The number of hydrogen-bond acceptors (Lipinski definition) is 2. The molecule has 0 fully saturated rings. The molecule has 0 radical (unpaired) electrons. The lowest BCUT2D eigenvalue weighted by atomic mass is 10.1. The van der Waals surface area contributed by atoms with Gasteiger partial charge in [-0.1, -0.05) is 48.5 Å². The minimum atomic E-state index is -0.376. The third kappa shape index (κ3) is 3.21. The van der Waals surface area contributed by atoms with Gasteiger partial charge in [-0.25, -0.2) is 0 Å². The Balaban J connectivity index is 1.83. The highest BCUT2D eigenvalue weighted by Crippen LogP contribution is 2.20. The molecule has 1 aromatic heterocycles. The maximum atomic E-state index is 12.4. The van der Waals surface area contributed by atoms with Gasteiger partial charge in [0.1, 0.15) is 11.6 Å². The van der Waals surface area contributed by atoms with Gasteiger partial charge in [-0.3, -0.25) is 4.79 Å². The average molecular weight is 315 g/mol. The summed E-state index contributed by atoms with van der Waals surface area (Å²) in [6.45, 7) is 1.90. The lowest BCUT2D eigenvalue weighted by molar-refractivity contribution is -0.117. The summed E-state index contributed by atoms with van der Waals surface area (Å²) in [5, 5.41) is 13.2. The summed E-state index contributed by atoms with van der Waals surface area (Å²) in [5.41, 5.74) is 2.88. The van der Waals surface area contributed by atoms with Crippen molar-refractivity contribution in [2.45, 2.75) is 13.0 Å². The Bertz CT molecular complexity index is 932. The van der Waals surface area contributed by atoms with Crippen LogP contribution in [0.2, 0.25) is 0 Å². The smallest absolute Gasteiger partial charge is 0.262 e. The van der Waals surface area contributed by atoms with Gasteiger partial charge in [-0.05, 0) is 24.6 Å². The standard InChI is InChI=1S/C20H17N3O/c1-14(15-7-3-2-4-8-15)23-20(24)16(12-21)11-17-13-22-19-10-6-5-9-18(17)19/h2-11,13-14,22H,1H3,(H,23,24)/b16-11+/t14-/m1/s1. The maximum Gasteiger partial charge on any atom is 0.262 e. The molecule has 0 aliphatic heterocycles. The zero-order valence-electron chi connectivity index (χ0n) is 13.3. The Kier molecular flexibility index (Phi) is 4.44. The van der Waals surface area contributed by atoms with E-state index in [2.05, 4.69) is 10.3 Å². The molecule has 1 heterocycles. The van der Waals surface area contributed by atoms with Gasteiger partial charge in [-0.2, -0.15) is 5.26 Å². The number of nitriles is 1. The number of carbonyl (C=O) groups is 1. The summed E-state index contributed by atoms with van der Waals surface area (Å²) in [7, 11) is 0. The van der Waals surface area contributed by atoms with E-state index in [0.717, 1.165) is 22.0 Å². The van der Waals surface area contributed by atoms with Crippen LogP contribution in [0.25, 0.3) is 17.0 Å². The van der Waals surface area contributed by atoms with E-state index in [1.54, 1.807) is 12.3 Å². The van der Waals surface area contributed by atoms with E-state index in [1.807, 2.05) is 67.6 Å². The lowest BCUT2D eigenvalue weighted by Gasteiger charge is -2.13. The second-order valence-corrected chi connectivity index (χ2v) is 5.57. The molecule has 1 atom stereocenters. The topological polar surface area (TPSA) is 68.7 Å². The van der Waals surface area contributed by atoms with E-state index < -0.39 is 0 Å². The van der Waals surface area contributed by atoms with Crippen LogP contribution in [0.5, 0.6) is 0 Å². The van der Waals surface area contributed by atoms with E-state index >= 15 is 0 Å². The second kappa shape index (κ2) is 6.84. The second-order valence-electron chi connectivity index (χ2n) is 5.57. The number of fused-ring (bicyclic) bond motifs is 1. The summed E-state index contributed by atoms with van der Waals surface area (Å²) >= 11 is 0. The number of H-pyrrole nitrogens is 1. The molecule has 4 heteroatoms. The molecule has 0 aliphatic rings. The molecule has 3 aromatic rings. The number of aromatic nitrogens is 1. The van der Waals surface area contributed by atoms with Gasteiger partial charge in [0, 0.05) is 22.7 Å². The van der Waals surface area contributed by atoms with Crippen LogP contribution in [0, 0.1) is 11.3 Å². The molecular formula is C20H17N3O. The molecule has 0 spiro atoms. The number of para-hydroxylation sites is 1. The summed E-state index contributed by atoms with van der Waals surface area (Å²) in [6, 6.07) is 19.3. The van der Waals surface area contributed by atoms with Crippen LogP contribution in [0.3, 0.4) is 0 Å².